The number of ether oxygens (including phenoxy) is 1. The molecule has 0 fully saturated rings. The first-order chi connectivity index (χ1) is 8.28. The normalized spacial score (nSPS) is 11.4. The van der Waals surface area contributed by atoms with Crippen LogP contribution in [0.25, 0.3) is 0 Å². The first kappa shape index (κ1) is 15.5. The predicted octanol–water partition coefficient (Wildman–Crippen LogP) is 4.43. The Hall–Kier alpha value is -0.510. The highest BCUT2D eigenvalue weighted by Crippen LogP contribution is 2.28. The molecule has 0 aromatic heterocycles. The van der Waals surface area contributed by atoms with E-state index in [0.717, 1.165) is 22.3 Å². The zero-order chi connectivity index (χ0) is 13.8. The van der Waals surface area contributed by atoms with Crippen molar-refractivity contribution < 1.29 is 4.74 Å². The highest BCUT2D eigenvalue weighted by atomic mass is 79.9. The molecule has 0 aliphatic rings. The van der Waals surface area contributed by atoms with Crippen LogP contribution in [0.4, 0.5) is 0 Å². The SMILES string of the molecule is C=C(CNC(C)(C)C)COc1ccc(Cl)cc1Br. The van der Waals surface area contributed by atoms with E-state index in [1.54, 1.807) is 6.07 Å². The molecule has 18 heavy (non-hydrogen) atoms. The fourth-order valence-corrected chi connectivity index (χ4v) is 2.01. The molecular formula is C14H19BrClNO. The fraction of sp³-hybridized carbons (Fsp3) is 0.429. The summed E-state index contributed by atoms with van der Waals surface area (Å²) in [5, 5.41) is 4.05. The molecule has 0 spiro atoms. The van der Waals surface area contributed by atoms with Crippen LogP contribution in [-0.4, -0.2) is 18.7 Å². The molecule has 0 bridgehead atoms. The van der Waals surface area contributed by atoms with Gasteiger partial charge in [0.25, 0.3) is 0 Å². The third kappa shape index (κ3) is 5.89. The minimum Gasteiger partial charge on any atom is -0.488 e. The van der Waals surface area contributed by atoms with Gasteiger partial charge in [-0.05, 0) is 60.5 Å². The molecular weight excluding hydrogens is 314 g/mol. The van der Waals surface area contributed by atoms with E-state index in [1.807, 2.05) is 12.1 Å². The first-order valence-corrected chi connectivity index (χ1v) is 6.94. The lowest BCUT2D eigenvalue weighted by atomic mass is 10.1. The zero-order valence-corrected chi connectivity index (χ0v) is 13.4. The van der Waals surface area contributed by atoms with Crippen LogP contribution in [0.1, 0.15) is 20.8 Å². The Balaban J connectivity index is 2.43. The van der Waals surface area contributed by atoms with Crippen LogP contribution in [0.2, 0.25) is 5.02 Å². The van der Waals surface area contributed by atoms with Gasteiger partial charge in [0, 0.05) is 17.1 Å². The van der Waals surface area contributed by atoms with Crippen molar-refractivity contribution >= 4 is 27.5 Å². The third-order valence-electron chi connectivity index (χ3n) is 2.19. The molecule has 0 radical (unpaired) electrons. The fourth-order valence-electron chi connectivity index (χ4n) is 1.21. The molecule has 2 nitrogen and oxygen atoms in total. The molecule has 0 heterocycles. The Morgan fingerprint density at radius 2 is 2.11 bits per heavy atom. The molecule has 0 unspecified atom stereocenters. The van der Waals surface area contributed by atoms with E-state index in [1.165, 1.54) is 0 Å². The van der Waals surface area contributed by atoms with Crippen LogP contribution >= 0.6 is 27.5 Å². The second-order valence-electron chi connectivity index (χ2n) is 5.22. The van der Waals surface area contributed by atoms with E-state index >= 15 is 0 Å². The van der Waals surface area contributed by atoms with Crippen molar-refractivity contribution in [3.63, 3.8) is 0 Å². The molecule has 4 heteroatoms. The van der Waals surface area contributed by atoms with Gasteiger partial charge in [0.1, 0.15) is 12.4 Å². The van der Waals surface area contributed by atoms with Gasteiger partial charge in [-0.15, -0.1) is 0 Å². The quantitative estimate of drug-likeness (QED) is 0.806. The lowest BCUT2D eigenvalue weighted by molar-refractivity contribution is 0.339. The summed E-state index contributed by atoms with van der Waals surface area (Å²) in [6.07, 6.45) is 0. The van der Waals surface area contributed by atoms with Gasteiger partial charge < -0.3 is 10.1 Å². The maximum atomic E-state index is 5.87. The lowest BCUT2D eigenvalue weighted by Crippen LogP contribution is -2.37. The summed E-state index contributed by atoms with van der Waals surface area (Å²) in [5.41, 5.74) is 1.09. The van der Waals surface area contributed by atoms with E-state index in [0.29, 0.717) is 11.6 Å². The predicted molar refractivity (Wildman–Crippen MR) is 81.5 cm³/mol. The molecule has 0 saturated heterocycles. The Labute approximate surface area is 122 Å². The average Bonchev–Trinajstić information content (AvgIpc) is 2.24. The maximum absolute atomic E-state index is 5.87. The summed E-state index contributed by atoms with van der Waals surface area (Å²) in [6.45, 7) is 11.6. The van der Waals surface area contributed by atoms with Crippen molar-refractivity contribution in [2.45, 2.75) is 26.3 Å². The number of benzene rings is 1. The second kappa shape index (κ2) is 6.60. The van der Waals surface area contributed by atoms with Crippen LogP contribution in [0.15, 0.2) is 34.8 Å². The van der Waals surface area contributed by atoms with Gasteiger partial charge in [0.05, 0.1) is 4.47 Å². The van der Waals surface area contributed by atoms with Crippen molar-refractivity contribution in [1.29, 1.82) is 0 Å². The zero-order valence-electron chi connectivity index (χ0n) is 11.0. The molecule has 1 N–H and O–H groups in total. The third-order valence-corrected chi connectivity index (χ3v) is 3.05. The van der Waals surface area contributed by atoms with Crippen molar-refractivity contribution in [1.82, 2.24) is 5.32 Å². The monoisotopic (exact) mass is 331 g/mol. The van der Waals surface area contributed by atoms with Crippen LogP contribution in [0, 0.1) is 0 Å². The van der Waals surface area contributed by atoms with Gasteiger partial charge in [-0.2, -0.15) is 0 Å². The maximum Gasteiger partial charge on any atom is 0.134 e. The van der Waals surface area contributed by atoms with Gasteiger partial charge in [0.2, 0.25) is 0 Å². The summed E-state index contributed by atoms with van der Waals surface area (Å²) in [5.74, 6) is 0.774. The number of hydrogen-bond donors (Lipinski definition) is 1. The van der Waals surface area contributed by atoms with Crippen molar-refractivity contribution in [2.24, 2.45) is 0 Å². The van der Waals surface area contributed by atoms with Crippen molar-refractivity contribution in [2.75, 3.05) is 13.2 Å². The van der Waals surface area contributed by atoms with Crippen LogP contribution in [-0.2, 0) is 0 Å². The molecule has 1 rings (SSSR count). The minimum absolute atomic E-state index is 0.0871. The molecule has 0 atom stereocenters. The molecule has 0 aliphatic heterocycles. The number of halogens is 2. The number of rotatable bonds is 5. The lowest BCUT2D eigenvalue weighted by Gasteiger charge is -2.21. The smallest absolute Gasteiger partial charge is 0.134 e. The Bertz CT molecular complexity index is 426. The van der Waals surface area contributed by atoms with Gasteiger partial charge in [-0.25, -0.2) is 0 Å². The first-order valence-electron chi connectivity index (χ1n) is 5.77. The molecule has 0 amide bonds. The van der Waals surface area contributed by atoms with Crippen molar-refractivity contribution in [3.05, 3.63) is 39.8 Å². The van der Waals surface area contributed by atoms with E-state index in [-0.39, 0.29) is 5.54 Å². The Kier molecular flexibility index (Phi) is 5.70. The highest BCUT2D eigenvalue weighted by molar-refractivity contribution is 9.10. The van der Waals surface area contributed by atoms with Crippen molar-refractivity contribution in [3.8, 4) is 5.75 Å². The standard InChI is InChI=1S/C14H19BrClNO/c1-10(8-17-14(2,3)4)9-18-13-6-5-11(16)7-12(13)15/h5-7,17H,1,8-9H2,2-4H3. The highest BCUT2D eigenvalue weighted by Gasteiger charge is 2.09. The number of nitrogens with one attached hydrogen (secondary N) is 1. The molecule has 1 aromatic rings. The van der Waals surface area contributed by atoms with Crippen LogP contribution in [0.3, 0.4) is 0 Å². The van der Waals surface area contributed by atoms with Gasteiger partial charge in [0.15, 0.2) is 0 Å². The topological polar surface area (TPSA) is 21.3 Å². The second-order valence-corrected chi connectivity index (χ2v) is 6.51. The Morgan fingerprint density at radius 3 is 2.67 bits per heavy atom. The molecule has 0 saturated carbocycles. The summed E-state index contributed by atoms with van der Waals surface area (Å²) in [6, 6.07) is 5.46. The van der Waals surface area contributed by atoms with E-state index < -0.39 is 0 Å². The van der Waals surface area contributed by atoms with E-state index in [9.17, 15) is 0 Å². The van der Waals surface area contributed by atoms with Gasteiger partial charge in [-0.3, -0.25) is 0 Å². The molecule has 1 aromatic carbocycles. The van der Waals surface area contributed by atoms with E-state index in [4.69, 9.17) is 16.3 Å². The van der Waals surface area contributed by atoms with Crippen LogP contribution < -0.4 is 10.1 Å². The summed E-state index contributed by atoms with van der Waals surface area (Å²) in [4.78, 5) is 0. The summed E-state index contributed by atoms with van der Waals surface area (Å²) in [7, 11) is 0. The van der Waals surface area contributed by atoms with Gasteiger partial charge in [-0.1, -0.05) is 18.2 Å². The van der Waals surface area contributed by atoms with Gasteiger partial charge >= 0.3 is 0 Å². The number of hydrogen-bond acceptors (Lipinski definition) is 2. The summed E-state index contributed by atoms with van der Waals surface area (Å²) < 4.78 is 6.53. The molecule has 0 aliphatic carbocycles. The molecule has 100 valence electrons. The minimum atomic E-state index is 0.0871. The average molecular weight is 333 g/mol. The Morgan fingerprint density at radius 1 is 1.44 bits per heavy atom. The summed E-state index contributed by atoms with van der Waals surface area (Å²) >= 11 is 9.28. The van der Waals surface area contributed by atoms with E-state index in [2.05, 4.69) is 48.6 Å². The van der Waals surface area contributed by atoms with Crippen LogP contribution in [0.5, 0.6) is 5.75 Å². The largest absolute Gasteiger partial charge is 0.488 e.